The molecule has 0 saturated carbocycles. The molecule has 0 atom stereocenters. The van der Waals surface area contributed by atoms with E-state index in [0.717, 1.165) is 39.1 Å². The molecule has 0 aromatic carbocycles. The van der Waals surface area contributed by atoms with Gasteiger partial charge in [-0.2, -0.15) is 0 Å². The second-order valence-electron chi connectivity index (χ2n) is 3.81. The Bertz CT molecular complexity index is 352. The van der Waals surface area contributed by atoms with E-state index < -0.39 is 0 Å². The molecule has 0 spiro atoms. The highest BCUT2D eigenvalue weighted by Crippen LogP contribution is 1.86. The van der Waals surface area contributed by atoms with Crippen LogP contribution in [0.25, 0.3) is 0 Å². The van der Waals surface area contributed by atoms with E-state index in [1.807, 2.05) is 0 Å². The van der Waals surface area contributed by atoms with Crippen molar-refractivity contribution in [3.05, 3.63) is 28.9 Å². The van der Waals surface area contributed by atoms with Gasteiger partial charge >= 0.3 is 5.69 Å². The van der Waals surface area contributed by atoms with E-state index in [4.69, 9.17) is 4.74 Å². The summed E-state index contributed by atoms with van der Waals surface area (Å²) in [6, 6.07) is 1.76. The molecule has 0 saturated heterocycles. The minimum Gasteiger partial charge on any atom is -0.380 e. The highest BCUT2D eigenvalue weighted by molar-refractivity contribution is 4.80. The van der Waals surface area contributed by atoms with E-state index in [9.17, 15) is 4.79 Å². The summed E-state index contributed by atoms with van der Waals surface area (Å²) in [5.74, 6) is 0. The summed E-state index contributed by atoms with van der Waals surface area (Å²) in [6.07, 6.45) is 5.53. The van der Waals surface area contributed by atoms with Crippen LogP contribution in [-0.4, -0.2) is 35.9 Å². The third-order valence-electron chi connectivity index (χ3n) is 2.38. The van der Waals surface area contributed by atoms with E-state index in [1.54, 1.807) is 16.8 Å². The van der Waals surface area contributed by atoms with Crippen LogP contribution in [0.4, 0.5) is 0 Å². The molecule has 0 bridgehead atoms. The van der Waals surface area contributed by atoms with Gasteiger partial charge in [-0.1, -0.05) is 13.3 Å². The van der Waals surface area contributed by atoms with Crippen LogP contribution in [0.2, 0.25) is 0 Å². The fourth-order valence-electron chi connectivity index (χ4n) is 1.37. The number of aromatic nitrogens is 2. The van der Waals surface area contributed by atoms with Gasteiger partial charge < -0.3 is 10.1 Å². The smallest absolute Gasteiger partial charge is 0.347 e. The van der Waals surface area contributed by atoms with Crippen LogP contribution in [0, 0.1) is 0 Å². The zero-order valence-electron chi connectivity index (χ0n) is 10.4. The second kappa shape index (κ2) is 8.90. The average Bonchev–Trinajstić information content (AvgIpc) is 2.35. The maximum atomic E-state index is 11.3. The molecular formula is C12H21N3O2. The van der Waals surface area contributed by atoms with E-state index in [1.165, 1.54) is 6.20 Å². The molecule has 1 heterocycles. The molecule has 0 aliphatic heterocycles. The minimum absolute atomic E-state index is 0.200. The molecule has 0 unspecified atom stereocenters. The predicted molar refractivity (Wildman–Crippen MR) is 67.1 cm³/mol. The van der Waals surface area contributed by atoms with Crippen molar-refractivity contribution in [3.63, 3.8) is 0 Å². The lowest BCUT2D eigenvalue weighted by atomic mass is 10.4. The minimum atomic E-state index is -0.200. The molecule has 0 fully saturated rings. The number of nitrogens with zero attached hydrogens (tertiary/aromatic N) is 2. The summed E-state index contributed by atoms with van der Waals surface area (Å²) in [4.78, 5) is 14.9. The van der Waals surface area contributed by atoms with Gasteiger partial charge in [-0.25, -0.2) is 9.78 Å². The molecule has 96 valence electrons. The van der Waals surface area contributed by atoms with Gasteiger partial charge in [0.1, 0.15) is 0 Å². The van der Waals surface area contributed by atoms with Gasteiger partial charge in [0, 0.05) is 38.6 Å². The Morgan fingerprint density at radius 2 is 2.29 bits per heavy atom. The van der Waals surface area contributed by atoms with Gasteiger partial charge in [0.15, 0.2) is 0 Å². The van der Waals surface area contributed by atoms with Gasteiger partial charge in [-0.3, -0.25) is 4.57 Å². The molecule has 1 rings (SSSR count). The Labute approximate surface area is 102 Å². The van der Waals surface area contributed by atoms with E-state index >= 15 is 0 Å². The summed E-state index contributed by atoms with van der Waals surface area (Å²) >= 11 is 0. The molecule has 1 N–H and O–H groups in total. The molecule has 5 nitrogen and oxygen atoms in total. The molecule has 0 radical (unpaired) electrons. The molecule has 1 aromatic heterocycles. The van der Waals surface area contributed by atoms with E-state index in [-0.39, 0.29) is 5.69 Å². The molecule has 1 aromatic rings. The Kier molecular flexibility index (Phi) is 7.25. The van der Waals surface area contributed by atoms with Gasteiger partial charge in [0.2, 0.25) is 0 Å². The van der Waals surface area contributed by atoms with Crippen molar-refractivity contribution in [3.8, 4) is 0 Å². The van der Waals surface area contributed by atoms with Crippen LogP contribution >= 0.6 is 0 Å². The maximum Gasteiger partial charge on any atom is 0.347 e. The van der Waals surface area contributed by atoms with E-state index in [0.29, 0.717) is 6.54 Å². The normalized spacial score (nSPS) is 10.6. The number of unbranched alkanes of at least 4 members (excludes halogenated alkanes) is 1. The molecule has 0 aliphatic rings. The molecule has 17 heavy (non-hydrogen) atoms. The van der Waals surface area contributed by atoms with Crippen molar-refractivity contribution in [2.45, 2.75) is 26.3 Å². The van der Waals surface area contributed by atoms with Crippen LogP contribution in [0.1, 0.15) is 19.8 Å². The van der Waals surface area contributed by atoms with Crippen LogP contribution < -0.4 is 11.0 Å². The standard InChI is InChI=1S/C12H21N3O2/c1-2-3-10-17-11-7-13-6-9-15-8-4-5-14-12(15)16/h4-5,8,13H,2-3,6-7,9-11H2,1H3. The SMILES string of the molecule is CCCCOCCNCCn1cccnc1=O. The topological polar surface area (TPSA) is 56.1 Å². The number of rotatable bonds is 9. The molecule has 0 aliphatic carbocycles. The van der Waals surface area contributed by atoms with Crippen molar-refractivity contribution in [1.29, 1.82) is 0 Å². The summed E-state index contributed by atoms with van der Waals surface area (Å²) in [5, 5.41) is 3.23. The maximum absolute atomic E-state index is 11.3. The second-order valence-corrected chi connectivity index (χ2v) is 3.81. The molecule has 0 amide bonds. The molecular weight excluding hydrogens is 218 g/mol. The lowest BCUT2D eigenvalue weighted by Crippen LogP contribution is -2.29. The number of hydrogen-bond donors (Lipinski definition) is 1. The van der Waals surface area contributed by atoms with Gasteiger partial charge in [-0.15, -0.1) is 0 Å². The first-order valence-electron chi connectivity index (χ1n) is 6.14. The van der Waals surface area contributed by atoms with Crippen molar-refractivity contribution in [2.75, 3.05) is 26.3 Å². The zero-order valence-corrected chi connectivity index (χ0v) is 10.4. The van der Waals surface area contributed by atoms with Gasteiger partial charge in [-0.05, 0) is 12.5 Å². The summed E-state index contributed by atoms with van der Waals surface area (Å²) in [5.41, 5.74) is -0.200. The largest absolute Gasteiger partial charge is 0.380 e. The quantitative estimate of drug-likeness (QED) is 0.643. The lowest BCUT2D eigenvalue weighted by molar-refractivity contribution is 0.133. The summed E-state index contributed by atoms with van der Waals surface area (Å²) < 4.78 is 6.99. The van der Waals surface area contributed by atoms with Crippen LogP contribution in [0.3, 0.4) is 0 Å². The number of ether oxygens (including phenoxy) is 1. The van der Waals surface area contributed by atoms with Gasteiger partial charge in [0.25, 0.3) is 0 Å². The number of nitrogens with one attached hydrogen (secondary N) is 1. The summed E-state index contributed by atoms with van der Waals surface area (Å²) in [6.45, 7) is 5.92. The predicted octanol–water partition coefficient (Wildman–Crippen LogP) is 0.650. The highest BCUT2D eigenvalue weighted by Gasteiger charge is 1.94. The van der Waals surface area contributed by atoms with E-state index in [2.05, 4.69) is 17.2 Å². The Balaban J connectivity index is 2.01. The first-order valence-corrected chi connectivity index (χ1v) is 6.14. The first kappa shape index (κ1) is 13.9. The van der Waals surface area contributed by atoms with Crippen molar-refractivity contribution >= 4 is 0 Å². The van der Waals surface area contributed by atoms with Crippen molar-refractivity contribution < 1.29 is 4.74 Å². The van der Waals surface area contributed by atoms with Crippen LogP contribution in [0.15, 0.2) is 23.3 Å². The fourth-order valence-corrected chi connectivity index (χ4v) is 1.37. The first-order chi connectivity index (χ1) is 8.34. The average molecular weight is 239 g/mol. The van der Waals surface area contributed by atoms with Crippen molar-refractivity contribution in [2.24, 2.45) is 0 Å². The van der Waals surface area contributed by atoms with Gasteiger partial charge in [0.05, 0.1) is 6.61 Å². The Hall–Kier alpha value is -1.20. The van der Waals surface area contributed by atoms with Crippen LogP contribution in [0.5, 0.6) is 0 Å². The summed E-state index contributed by atoms with van der Waals surface area (Å²) in [7, 11) is 0. The highest BCUT2D eigenvalue weighted by atomic mass is 16.5. The number of hydrogen-bond acceptors (Lipinski definition) is 4. The third kappa shape index (κ3) is 6.19. The molecule has 5 heteroatoms. The fraction of sp³-hybridized carbons (Fsp3) is 0.667. The van der Waals surface area contributed by atoms with Crippen LogP contribution in [-0.2, 0) is 11.3 Å². The monoisotopic (exact) mass is 239 g/mol. The van der Waals surface area contributed by atoms with Crippen molar-refractivity contribution in [1.82, 2.24) is 14.9 Å². The third-order valence-corrected chi connectivity index (χ3v) is 2.38. The zero-order chi connectivity index (χ0) is 12.3. The Morgan fingerprint density at radius 1 is 1.41 bits per heavy atom. The lowest BCUT2D eigenvalue weighted by Gasteiger charge is -2.07. The Morgan fingerprint density at radius 3 is 3.06 bits per heavy atom.